The molecule has 0 bridgehead atoms. The fourth-order valence-electron chi connectivity index (χ4n) is 2.73. The number of nitrogens with one attached hydrogen (secondary N) is 3. The predicted octanol–water partition coefficient (Wildman–Crippen LogP) is 1.19. The number of H-pyrrole nitrogens is 1. The summed E-state index contributed by atoms with van der Waals surface area (Å²) in [5.41, 5.74) is 1.72. The maximum Gasteiger partial charge on any atom is 0.251 e. The molecule has 5 nitrogen and oxygen atoms in total. The fraction of sp³-hybridized carbons (Fsp3) is 0.438. The predicted molar refractivity (Wildman–Crippen MR) is 84.6 cm³/mol. The van der Waals surface area contributed by atoms with Crippen LogP contribution in [0.25, 0.3) is 10.9 Å². The topological polar surface area (TPSA) is 60.2 Å². The molecule has 1 aliphatic rings. The Hall–Kier alpha value is -1.85. The molecule has 5 heteroatoms. The van der Waals surface area contributed by atoms with E-state index >= 15 is 0 Å². The van der Waals surface area contributed by atoms with Gasteiger partial charge in [-0.05, 0) is 36.6 Å². The average molecular weight is 286 g/mol. The first-order valence-electron chi connectivity index (χ1n) is 7.61. The third kappa shape index (κ3) is 3.62. The van der Waals surface area contributed by atoms with Crippen molar-refractivity contribution in [3.8, 4) is 0 Å². The van der Waals surface area contributed by atoms with Crippen LogP contribution in [0.15, 0.2) is 30.5 Å². The summed E-state index contributed by atoms with van der Waals surface area (Å²) in [6.45, 7) is 6.14. The minimum absolute atomic E-state index is 0.00631. The Balaban J connectivity index is 1.45. The summed E-state index contributed by atoms with van der Waals surface area (Å²) in [5.74, 6) is 0.00631. The van der Waals surface area contributed by atoms with Crippen LogP contribution in [0, 0.1) is 0 Å². The highest BCUT2D eigenvalue weighted by molar-refractivity contribution is 5.97. The van der Waals surface area contributed by atoms with Crippen LogP contribution in [0.1, 0.15) is 16.8 Å². The quantitative estimate of drug-likeness (QED) is 0.724. The van der Waals surface area contributed by atoms with Crippen molar-refractivity contribution in [3.05, 3.63) is 36.0 Å². The first-order valence-corrected chi connectivity index (χ1v) is 7.61. The lowest BCUT2D eigenvalue weighted by Gasteiger charge is -2.27. The molecule has 0 radical (unpaired) electrons. The number of piperazine rings is 1. The summed E-state index contributed by atoms with van der Waals surface area (Å²) in [4.78, 5) is 17.7. The number of aromatic nitrogens is 1. The van der Waals surface area contributed by atoms with Gasteiger partial charge in [-0.2, -0.15) is 0 Å². The minimum Gasteiger partial charge on any atom is -0.361 e. The summed E-state index contributed by atoms with van der Waals surface area (Å²) < 4.78 is 0. The van der Waals surface area contributed by atoms with Gasteiger partial charge in [0, 0.05) is 50.0 Å². The number of benzene rings is 1. The molecule has 1 aliphatic heterocycles. The van der Waals surface area contributed by atoms with E-state index in [4.69, 9.17) is 0 Å². The molecular weight excluding hydrogens is 264 g/mol. The highest BCUT2D eigenvalue weighted by atomic mass is 16.1. The largest absolute Gasteiger partial charge is 0.361 e. The maximum atomic E-state index is 12.1. The standard InChI is InChI=1S/C16H22N4O/c21-16(14-3-2-13-4-6-18-15(13)12-14)19-5-1-9-20-10-7-17-8-11-20/h2-4,6,12,17-18H,1,5,7-11H2,(H,19,21). The summed E-state index contributed by atoms with van der Waals surface area (Å²) in [7, 11) is 0. The molecule has 2 aromatic rings. The second kappa shape index (κ2) is 6.74. The van der Waals surface area contributed by atoms with Crippen molar-refractivity contribution >= 4 is 16.8 Å². The van der Waals surface area contributed by atoms with Crippen LogP contribution in [-0.2, 0) is 0 Å². The van der Waals surface area contributed by atoms with Crippen LogP contribution in [0.4, 0.5) is 0 Å². The van der Waals surface area contributed by atoms with E-state index < -0.39 is 0 Å². The number of nitrogens with zero attached hydrogens (tertiary/aromatic N) is 1. The van der Waals surface area contributed by atoms with Crippen molar-refractivity contribution < 1.29 is 4.79 Å². The van der Waals surface area contributed by atoms with E-state index in [1.165, 1.54) is 0 Å². The number of aromatic amines is 1. The molecule has 0 unspecified atom stereocenters. The Bertz CT molecular complexity index is 601. The van der Waals surface area contributed by atoms with E-state index in [1.807, 2.05) is 30.5 Å². The van der Waals surface area contributed by atoms with Gasteiger partial charge in [-0.3, -0.25) is 4.79 Å². The summed E-state index contributed by atoms with van der Waals surface area (Å²) in [5, 5.41) is 7.47. The van der Waals surface area contributed by atoms with E-state index in [0.29, 0.717) is 5.56 Å². The molecule has 112 valence electrons. The van der Waals surface area contributed by atoms with Crippen molar-refractivity contribution in [3.63, 3.8) is 0 Å². The summed E-state index contributed by atoms with van der Waals surface area (Å²) in [6, 6.07) is 7.76. The van der Waals surface area contributed by atoms with Gasteiger partial charge in [0.25, 0.3) is 5.91 Å². The third-order valence-corrected chi connectivity index (χ3v) is 3.96. The second-order valence-electron chi connectivity index (χ2n) is 5.48. The zero-order chi connectivity index (χ0) is 14.5. The van der Waals surface area contributed by atoms with Gasteiger partial charge >= 0.3 is 0 Å². The van der Waals surface area contributed by atoms with Crippen LogP contribution < -0.4 is 10.6 Å². The molecule has 3 rings (SSSR count). The summed E-state index contributed by atoms with van der Waals surface area (Å²) in [6.07, 6.45) is 2.89. The second-order valence-corrected chi connectivity index (χ2v) is 5.48. The lowest BCUT2D eigenvalue weighted by atomic mass is 10.1. The normalized spacial score (nSPS) is 16.2. The highest BCUT2D eigenvalue weighted by Crippen LogP contribution is 2.13. The minimum atomic E-state index is 0.00631. The first kappa shape index (κ1) is 14.1. The van der Waals surface area contributed by atoms with Gasteiger partial charge in [-0.15, -0.1) is 0 Å². The zero-order valence-corrected chi connectivity index (χ0v) is 12.2. The van der Waals surface area contributed by atoms with Crippen LogP contribution in [0.3, 0.4) is 0 Å². The van der Waals surface area contributed by atoms with Crippen molar-refractivity contribution in [2.24, 2.45) is 0 Å². The van der Waals surface area contributed by atoms with Gasteiger partial charge in [-0.25, -0.2) is 0 Å². The molecule has 0 atom stereocenters. The number of rotatable bonds is 5. The Kier molecular flexibility index (Phi) is 4.52. The van der Waals surface area contributed by atoms with Crippen LogP contribution in [-0.4, -0.2) is 55.1 Å². The Labute approximate surface area is 124 Å². The molecule has 1 aromatic carbocycles. The Morgan fingerprint density at radius 1 is 1.24 bits per heavy atom. The van der Waals surface area contributed by atoms with Crippen molar-refractivity contribution in [1.29, 1.82) is 0 Å². The van der Waals surface area contributed by atoms with Crippen LogP contribution >= 0.6 is 0 Å². The summed E-state index contributed by atoms with van der Waals surface area (Å²) >= 11 is 0. The molecule has 21 heavy (non-hydrogen) atoms. The monoisotopic (exact) mass is 286 g/mol. The fourth-order valence-corrected chi connectivity index (χ4v) is 2.73. The lowest BCUT2D eigenvalue weighted by molar-refractivity contribution is 0.0951. The number of hydrogen-bond acceptors (Lipinski definition) is 3. The van der Waals surface area contributed by atoms with Gasteiger partial charge in [0.15, 0.2) is 0 Å². The molecule has 1 amide bonds. The smallest absolute Gasteiger partial charge is 0.251 e. The molecule has 1 fully saturated rings. The zero-order valence-electron chi connectivity index (χ0n) is 12.2. The SMILES string of the molecule is O=C(NCCCN1CCNCC1)c1ccc2cc[nH]c2c1. The number of carbonyl (C=O) groups is 1. The lowest BCUT2D eigenvalue weighted by Crippen LogP contribution is -2.44. The van der Waals surface area contributed by atoms with Crippen molar-refractivity contribution in [1.82, 2.24) is 20.5 Å². The van der Waals surface area contributed by atoms with Gasteiger partial charge in [0.1, 0.15) is 0 Å². The maximum absolute atomic E-state index is 12.1. The van der Waals surface area contributed by atoms with Gasteiger partial charge < -0.3 is 20.5 Å². The van der Waals surface area contributed by atoms with Crippen molar-refractivity contribution in [2.75, 3.05) is 39.3 Å². The van der Waals surface area contributed by atoms with E-state index in [9.17, 15) is 4.79 Å². The van der Waals surface area contributed by atoms with Crippen LogP contribution in [0.5, 0.6) is 0 Å². The molecule has 0 spiro atoms. The van der Waals surface area contributed by atoms with E-state index in [1.54, 1.807) is 0 Å². The molecule has 3 N–H and O–H groups in total. The van der Waals surface area contributed by atoms with E-state index in [-0.39, 0.29) is 5.91 Å². The average Bonchev–Trinajstić information content (AvgIpc) is 3.00. The number of hydrogen-bond donors (Lipinski definition) is 3. The number of fused-ring (bicyclic) bond motifs is 1. The third-order valence-electron chi connectivity index (χ3n) is 3.96. The molecular formula is C16H22N4O. The molecule has 0 aliphatic carbocycles. The van der Waals surface area contributed by atoms with Gasteiger partial charge in [0.05, 0.1) is 0 Å². The Morgan fingerprint density at radius 2 is 2.10 bits per heavy atom. The molecule has 0 saturated carbocycles. The van der Waals surface area contributed by atoms with Gasteiger partial charge in [0.2, 0.25) is 0 Å². The van der Waals surface area contributed by atoms with Crippen molar-refractivity contribution in [2.45, 2.75) is 6.42 Å². The van der Waals surface area contributed by atoms with E-state index in [0.717, 1.165) is 56.6 Å². The highest BCUT2D eigenvalue weighted by Gasteiger charge is 2.09. The Morgan fingerprint density at radius 3 is 2.95 bits per heavy atom. The molecule has 1 saturated heterocycles. The van der Waals surface area contributed by atoms with E-state index in [2.05, 4.69) is 20.5 Å². The van der Waals surface area contributed by atoms with Crippen LogP contribution in [0.2, 0.25) is 0 Å². The number of carbonyl (C=O) groups excluding carboxylic acids is 1. The number of amides is 1. The van der Waals surface area contributed by atoms with Gasteiger partial charge in [-0.1, -0.05) is 6.07 Å². The first-order chi connectivity index (χ1) is 10.3. The molecule has 1 aromatic heterocycles. The molecule has 2 heterocycles.